The van der Waals surface area contributed by atoms with Crippen molar-refractivity contribution >= 4 is 22.8 Å². The number of aliphatic hydroxyl groups excluding tert-OH is 1. The molecule has 1 aliphatic rings. The number of nitrogens with zero attached hydrogens (tertiary/aromatic N) is 1. The number of likely N-dealkylation sites (N-methyl/N-ethyl adjacent to an activating group) is 1. The van der Waals surface area contributed by atoms with E-state index in [1.165, 1.54) is 24.1 Å². The maximum Gasteiger partial charge on any atom is 0.335 e. The summed E-state index contributed by atoms with van der Waals surface area (Å²) < 4.78 is 11.5. The summed E-state index contributed by atoms with van der Waals surface area (Å²) in [5, 5.41) is 21.3. The molecule has 0 aliphatic carbocycles. The number of fused-ring (bicyclic) bond motifs is 2. The number of carboxylic acids is 1. The average molecular weight is 472 g/mol. The van der Waals surface area contributed by atoms with Crippen LogP contribution in [-0.2, 0) is 6.42 Å². The molecule has 2 heterocycles. The van der Waals surface area contributed by atoms with Crippen molar-refractivity contribution in [2.45, 2.75) is 12.6 Å². The lowest BCUT2D eigenvalue weighted by Crippen LogP contribution is -2.38. The molecular formula is C27H24N2O6. The average Bonchev–Trinajstić information content (AvgIpc) is 3.29. The quantitative estimate of drug-likeness (QED) is 0.367. The van der Waals surface area contributed by atoms with Crippen molar-refractivity contribution in [1.29, 1.82) is 0 Å². The monoisotopic (exact) mass is 472 g/mol. The molecule has 5 rings (SSSR count). The van der Waals surface area contributed by atoms with E-state index in [1.807, 2.05) is 30.5 Å². The van der Waals surface area contributed by atoms with Crippen LogP contribution in [0.3, 0.4) is 0 Å². The molecular weight excluding hydrogens is 448 g/mol. The van der Waals surface area contributed by atoms with E-state index in [0.29, 0.717) is 35.8 Å². The Morgan fingerprint density at radius 2 is 1.83 bits per heavy atom. The molecule has 1 aromatic heterocycles. The van der Waals surface area contributed by atoms with Crippen molar-refractivity contribution in [2.75, 3.05) is 20.3 Å². The fourth-order valence-electron chi connectivity index (χ4n) is 4.27. The number of para-hydroxylation sites is 1. The van der Waals surface area contributed by atoms with Crippen LogP contribution >= 0.6 is 0 Å². The molecule has 0 radical (unpaired) electrons. The number of rotatable bonds is 6. The molecule has 1 atom stereocenters. The molecule has 1 amide bonds. The first-order valence-electron chi connectivity index (χ1n) is 11.2. The predicted octanol–water partition coefficient (Wildman–Crippen LogP) is 3.94. The molecule has 0 saturated heterocycles. The molecule has 1 aliphatic heterocycles. The summed E-state index contributed by atoms with van der Waals surface area (Å²) in [6.07, 6.45) is 0.994. The van der Waals surface area contributed by atoms with Gasteiger partial charge < -0.3 is 29.6 Å². The van der Waals surface area contributed by atoms with Crippen molar-refractivity contribution < 1.29 is 29.3 Å². The number of ether oxygens (including phenoxy) is 2. The number of aromatic nitrogens is 1. The summed E-state index contributed by atoms with van der Waals surface area (Å²) >= 11 is 0. The van der Waals surface area contributed by atoms with Gasteiger partial charge in [0.05, 0.1) is 11.1 Å². The lowest BCUT2D eigenvalue weighted by atomic mass is 9.99. The number of amides is 1. The molecule has 0 spiro atoms. The smallest absolute Gasteiger partial charge is 0.335 e. The molecule has 8 nitrogen and oxygen atoms in total. The van der Waals surface area contributed by atoms with Crippen molar-refractivity contribution in [3.63, 3.8) is 0 Å². The molecule has 0 bridgehead atoms. The minimum absolute atomic E-state index is 0.136. The first-order chi connectivity index (χ1) is 16.9. The highest BCUT2D eigenvalue weighted by Crippen LogP contribution is 2.39. The molecule has 0 unspecified atom stereocenters. The van der Waals surface area contributed by atoms with Crippen molar-refractivity contribution in [1.82, 2.24) is 9.88 Å². The molecule has 4 aromatic rings. The van der Waals surface area contributed by atoms with Gasteiger partial charge in [0.15, 0.2) is 11.5 Å². The van der Waals surface area contributed by atoms with Crippen LogP contribution in [0.15, 0.2) is 66.9 Å². The van der Waals surface area contributed by atoms with Crippen molar-refractivity contribution in [2.24, 2.45) is 0 Å². The van der Waals surface area contributed by atoms with Crippen LogP contribution in [0.5, 0.6) is 11.5 Å². The van der Waals surface area contributed by atoms with Crippen LogP contribution in [0.1, 0.15) is 26.3 Å². The summed E-state index contributed by atoms with van der Waals surface area (Å²) in [4.78, 5) is 29.4. The fraction of sp³-hybridized carbons (Fsp3) is 0.185. The van der Waals surface area contributed by atoms with E-state index in [0.717, 1.165) is 16.5 Å². The number of benzene rings is 3. The number of carbonyl (C=O) groups excluding carboxylic acids is 1. The summed E-state index contributed by atoms with van der Waals surface area (Å²) in [5.74, 6) is -0.765. The van der Waals surface area contributed by atoms with Gasteiger partial charge in [-0.05, 0) is 47.0 Å². The Morgan fingerprint density at radius 1 is 1.03 bits per heavy atom. The third-order valence-corrected chi connectivity index (χ3v) is 6.16. The Morgan fingerprint density at radius 3 is 2.66 bits per heavy atom. The van der Waals surface area contributed by atoms with Crippen LogP contribution in [-0.4, -0.2) is 58.5 Å². The molecule has 35 heavy (non-hydrogen) atoms. The van der Waals surface area contributed by atoms with Gasteiger partial charge in [-0.3, -0.25) is 4.79 Å². The normalized spacial score (nSPS) is 13.4. The number of aromatic amines is 1. The van der Waals surface area contributed by atoms with Gasteiger partial charge >= 0.3 is 5.97 Å². The lowest BCUT2D eigenvalue weighted by molar-refractivity contribution is 0.0200. The minimum Gasteiger partial charge on any atom is -0.486 e. The molecule has 8 heteroatoms. The summed E-state index contributed by atoms with van der Waals surface area (Å²) in [7, 11) is 1.54. The van der Waals surface area contributed by atoms with E-state index >= 15 is 0 Å². The van der Waals surface area contributed by atoms with Gasteiger partial charge in [0.1, 0.15) is 19.4 Å². The second-order valence-corrected chi connectivity index (χ2v) is 8.39. The van der Waals surface area contributed by atoms with Gasteiger partial charge in [-0.1, -0.05) is 30.3 Å². The standard InChI is InChI=1S/C27H24N2O6/c1-29(24(30)14-19-15-28-22-8-3-2-7-20(19)22)26(31)21-12-18(13-23-25(21)35-10-9-34-23)16-5-4-6-17(11-16)27(32)33/h2-8,11-13,15,24,28,30H,9-10,14H2,1H3,(H,32,33)/t24-/m1/s1. The topological polar surface area (TPSA) is 112 Å². The van der Waals surface area contributed by atoms with E-state index in [1.54, 1.807) is 24.3 Å². The Balaban J connectivity index is 1.48. The molecule has 3 N–H and O–H groups in total. The number of carboxylic acid groups (broad SMARTS) is 1. The fourth-order valence-corrected chi connectivity index (χ4v) is 4.27. The number of hydrogen-bond acceptors (Lipinski definition) is 5. The van der Waals surface area contributed by atoms with E-state index in [2.05, 4.69) is 4.98 Å². The molecule has 178 valence electrons. The van der Waals surface area contributed by atoms with E-state index < -0.39 is 18.1 Å². The van der Waals surface area contributed by atoms with Gasteiger partial charge in [0.25, 0.3) is 5.91 Å². The number of aliphatic hydroxyl groups is 1. The van der Waals surface area contributed by atoms with Gasteiger partial charge in [-0.25, -0.2) is 4.79 Å². The van der Waals surface area contributed by atoms with Gasteiger partial charge in [0.2, 0.25) is 0 Å². The number of aromatic carboxylic acids is 1. The van der Waals surface area contributed by atoms with Crippen LogP contribution in [0.25, 0.3) is 22.0 Å². The van der Waals surface area contributed by atoms with E-state index in [-0.39, 0.29) is 17.5 Å². The zero-order valence-electron chi connectivity index (χ0n) is 19.0. The highest BCUT2D eigenvalue weighted by atomic mass is 16.6. The Kier molecular flexibility index (Phi) is 5.88. The Bertz CT molecular complexity index is 1430. The largest absolute Gasteiger partial charge is 0.486 e. The second-order valence-electron chi connectivity index (χ2n) is 8.39. The summed E-state index contributed by atoms with van der Waals surface area (Å²) in [5.41, 5.74) is 3.46. The third-order valence-electron chi connectivity index (χ3n) is 6.16. The Hall–Kier alpha value is -4.30. The highest BCUT2D eigenvalue weighted by Gasteiger charge is 2.28. The van der Waals surface area contributed by atoms with E-state index in [9.17, 15) is 19.8 Å². The van der Waals surface area contributed by atoms with Crippen molar-refractivity contribution in [3.8, 4) is 22.6 Å². The first-order valence-corrected chi connectivity index (χ1v) is 11.2. The zero-order valence-corrected chi connectivity index (χ0v) is 19.0. The number of hydrogen-bond donors (Lipinski definition) is 3. The number of H-pyrrole nitrogens is 1. The molecule has 0 saturated carbocycles. The maximum absolute atomic E-state index is 13.5. The van der Waals surface area contributed by atoms with Crippen LogP contribution in [0, 0.1) is 0 Å². The highest BCUT2D eigenvalue weighted by molar-refractivity contribution is 6.00. The third kappa shape index (κ3) is 4.31. The molecule has 0 fully saturated rings. The number of carbonyl (C=O) groups is 2. The predicted molar refractivity (Wildman–Crippen MR) is 130 cm³/mol. The summed E-state index contributed by atoms with van der Waals surface area (Å²) in [6, 6.07) is 17.6. The van der Waals surface area contributed by atoms with Crippen LogP contribution < -0.4 is 9.47 Å². The lowest BCUT2D eigenvalue weighted by Gasteiger charge is -2.27. The maximum atomic E-state index is 13.5. The second kappa shape index (κ2) is 9.15. The minimum atomic E-state index is -1.08. The van der Waals surface area contributed by atoms with Gasteiger partial charge in [-0.2, -0.15) is 0 Å². The van der Waals surface area contributed by atoms with Gasteiger partial charge in [-0.15, -0.1) is 0 Å². The number of nitrogens with one attached hydrogen (secondary N) is 1. The summed E-state index contributed by atoms with van der Waals surface area (Å²) in [6.45, 7) is 0.626. The molecule has 3 aromatic carbocycles. The van der Waals surface area contributed by atoms with Crippen LogP contribution in [0.2, 0.25) is 0 Å². The van der Waals surface area contributed by atoms with Crippen LogP contribution in [0.4, 0.5) is 0 Å². The zero-order chi connectivity index (χ0) is 24.5. The first kappa shape index (κ1) is 22.5. The Labute approximate surface area is 201 Å². The van der Waals surface area contributed by atoms with Crippen molar-refractivity contribution in [3.05, 3.63) is 83.6 Å². The van der Waals surface area contributed by atoms with E-state index in [4.69, 9.17) is 9.47 Å². The van der Waals surface area contributed by atoms with Gasteiger partial charge in [0, 0.05) is 30.6 Å². The SMILES string of the molecule is CN(C(=O)c1cc(-c2cccc(C(=O)O)c2)cc2c1OCCO2)[C@H](O)Cc1c[nH]c2ccccc12.